The van der Waals surface area contributed by atoms with Crippen LogP contribution in [0.4, 0.5) is 0 Å². The van der Waals surface area contributed by atoms with E-state index in [1.807, 2.05) is 0 Å². The van der Waals surface area contributed by atoms with E-state index in [1.54, 1.807) is 0 Å². The van der Waals surface area contributed by atoms with Crippen molar-refractivity contribution < 1.29 is 0 Å². The van der Waals surface area contributed by atoms with Crippen molar-refractivity contribution in [3.8, 4) is 0 Å². The van der Waals surface area contributed by atoms with E-state index in [0.29, 0.717) is 5.41 Å². The molecule has 2 fully saturated rings. The Bertz CT molecular complexity index is 214. The summed E-state index contributed by atoms with van der Waals surface area (Å²) in [6.45, 7) is 6.18. The zero-order valence-electron chi connectivity index (χ0n) is 11.9. The van der Waals surface area contributed by atoms with Crippen molar-refractivity contribution in [1.29, 1.82) is 0 Å². The van der Waals surface area contributed by atoms with Gasteiger partial charge < -0.3 is 5.32 Å². The predicted octanol–water partition coefficient (Wildman–Crippen LogP) is 4.52. The van der Waals surface area contributed by atoms with Crippen molar-refractivity contribution in [3.63, 3.8) is 0 Å². The van der Waals surface area contributed by atoms with E-state index in [-0.39, 0.29) is 0 Å². The number of nitrogens with one attached hydrogen (secondary N) is 1. The van der Waals surface area contributed by atoms with Crippen LogP contribution in [0.15, 0.2) is 0 Å². The molecule has 1 N–H and O–H groups in total. The molecule has 2 aliphatic rings. The molecule has 2 rings (SSSR count). The van der Waals surface area contributed by atoms with Crippen LogP contribution in [-0.4, -0.2) is 12.6 Å². The maximum atomic E-state index is 3.80. The van der Waals surface area contributed by atoms with Gasteiger partial charge in [-0.1, -0.05) is 46.0 Å². The molecule has 1 heteroatoms. The molecule has 0 aromatic carbocycles. The van der Waals surface area contributed by atoms with Crippen molar-refractivity contribution >= 4 is 0 Å². The van der Waals surface area contributed by atoms with E-state index in [4.69, 9.17) is 0 Å². The van der Waals surface area contributed by atoms with Gasteiger partial charge in [-0.2, -0.15) is 0 Å². The van der Waals surface area contributed by atoms with E-state index >= 15 is 0 Å². The van der Waals surface area contributed by atoms with Crippen LogP contribution >= 0.6 is 0 Å². The molecule has 0 aromatic heterocycles. The van der Waals surface area contributed by atoms with Crippen LogP contribution < -0.4 is 5.32 Å². The van der Waals surface area contributed by atoms with Crippen LogP contribution in [0.3, 0.4) is 0 Å². The SMILES string of the molecule is CCCC(C)(CNC1CC1)C1CCCCCC1. The highest BCUT2D eigenvalue weighted by Crippen LogP contribution is 2.41. The van der Waals surface area contributed by atoms with Gasteiger partial charge in [0.1, 0.15) is 0 Å². The molecule has 0 heterocycles. The lowest BCUT2D eigenvalue weighted by molar-refractivity contribution is 0.143. The Balaban J connectivity index is 1.90. The molecule has 0 radical (unpaired) electrons. The maximum absolute atomic E-state index is 3.80. The largest absolute Gasteiger partial charge is 0.313 e. The van der Waals surface area contributed by atoms with Crippen molar-refractivity contribution in [2.75, 3.05) is 6.54 Å². The third-order valence-corrected chi connectivity index (χ3v) is 5.03. The molecule has 2 saturated carbocycles. The highest BCUT2D eigenvalue weighted by atomic mass is 15.0. The van der Waals surface area contributed by atoms with Crippen molar-refractivity contribution in [2.45, 2.75) is 84.1 Å². The minimum Gasteiger partial charge on any atom is -0.313 e. The smallest absolute Gasteiger partial charge is 0.00684 e. The van der Waals surface area contributed by atoms with Crippen LogP contribution in [0.1, 0.15) is 78.1 Å². The molecule has 100 valence electrons. The number of rotatable bonds is 6. The Labute approximate surface area is 108 Å². The van der Waals surface area contributed by atoms with Crippen LogP contribution in [0.25, 0.3) is 0 Å². The number of hydrogen-bond acceptors (Lipinski definition) is 1. The zero-order chi connectivity index (χ0) is 12.1. The summed E-state index contributed by atoms with van der Waals surface area (Å²) in [6, 6.07) is 0.872. The summed E-state index contributed by atoms with van der Waals surface area (Å²) < 4.78 is 0. The fourth-order valence-electron chi connectivity index (χ4n) is 3.65. The first-order valence-corrected chi connectivity index (χ1v) is 7.98. The quantitative estimate of drug-likeness (QED) is 0.670. The first-order chi connectivity index (χ1) is 8.24. The standard InChI is InChI=1S/C16H31N/c1-3-12-16(2,13-17-15-10-11-15)14-8-6-4-5-7-9-14/h14-15,17H,3-13H2,1-2H3. The average molecular weight is 237 g/mol. The van der Waals surface area contributed by atoms with Gasteiger partial charge in [-0.05, 0) is 43.4 Å². The first kappa shape index (κ1) is 13.4. The molecule has 0 bridgehead atoms. The molecule has 0 spiro atoms. The van der Waals surface area contributed by atoms with Crippen molar-refractivity contribution in [3.05, 3.63) is 0 Å². The third-order valence-electron chi connectivity index (χ3n) is 5.03. The molecule has 0 amide bonds. The van der Waals surface area contributed by atoms with Crippen LogP contribution in [0.5, 0.6) is 0 Å². The second-order valence-electron chi connectivity index (χ2n) is 6.75. The highest BCUT2D eigenvalue weighted by molar-refractivity contribution is 4.89. The third kappa shape index (κ3) is 3.98. The molecular weight excluding hydrogens is 206 g/mol. The Kier molecular flexibility index (Phi) is 4.90. The average Bonchev–Trinajstić information content (AvgIpc) is 3.14. The van der Waals surface area contributed by atoms with Crippen LogP contribution in [-0.2, 0) is 0 Å². The first-order valence-electron chi connectivity index (χ1n) is 7.98. The summed E-state index contributed by atoms with van der Waals surface area (Å²) >= 11 is 0. The van der Waals surface area contributed by atoms with Crippen LogP contribution in [0.2, 0.25) is 0 Å². The lowest BCUT2D eigenvalue weighted by Gasteiger charge is -2.38. The van der Waals surface area contributed by atoms with Gasteiger partial charge in [-0.25, -0.2) is 0 Å². The molecule has 2 aliphatic carbocycles. The van der Waals surface area contributed by atoms with Crippen molar-refractivity contribution in [1.82, 2.24) is 5.32 Å². The van der Waals surface area contributed by atoms with Gasteiger partial charge in [-0.3, -0.25) is 0 Å². The minimum absolute atomic E-state index is 0.571. The molecule has 1 atom stereocenters. The second-order valence-corrected chi connectivity index (χ2v) is 6.75. The highest BCUT2D eigenvalue weighted by Gasteiger charge is 2.34. The molecular formula is C16H31N. The van der Waals surface area contributed by atoms with Crippen molar-refractivity contribution in [2.24, 2.45) is 11.3 Å². The van der Waals surface area contributed by atoms with Crippen LogP contribution in [0, 0.1) is 11.3 Å². The lowest BCUT2D eigenvalue weighted by Crippen LogP contribution is -2.39. The zero-order valence-corrected chi connectivity index (χ0v) is 11.9. The fourth-order valence-corrected chi connectivity index (χ4v) is 3.65. The monoisotopic (exact) mass is 237 g/mol. The number of hydrogen-bond donors (Lipinski definition) is 1. The molecule has 0 aromatic rings. The Hall–Kier alpha value is -0.0400. The van der Waals surface area contributed by atoms with Gasteiger partial charge >= 0.3 is 0 Å². The maximum Gasteiger partial charge on any atom is 0.00684 e. The van der Waals surface area contributed by atoms with E-state index < -0.39 is 0 Å². The molecule has 0 saturated heterocycles. The van der Waals surface area contributed by atoms with Gasteiger partial charge in [0.25, 0.3) is 0 Å². The van der Waals surface area contributed by atoms with E-state index in [0.717, 1.165) is 12.0 Å². The summed E-state index contributed by atoms with van der Waals surface area (Å²) in [5.74, 6) is 0.983. The lowest BCUT2D eigenvalue weighted by atomic mass is 9.70. The Morgan fingerprint density at radius 1 is 1.00 bits per heavy atom. The summed E-state index contributed by atoms with van der Waals surface area (Å²) in [5, 5.41) is 3.80. The van der Waals surface area contributed by atoms with E-state index in [9.17, 15) is 0 Å². The molecule has 0 aliphatic heterocycles. The summed E-state index contributed by atoms with van der Waals surface area (Å²) in [4.78, 5) is 0. The fraction of sp³-hybridized carbons (Fsp3) is 1.00. The van der Waals surface area contributed by atoms with Gasteiger partial charge in [-0.15, -0.1) is 0 Å². The normalized spacial score (nSPS) is 26.5. The summed E-state index contributed by atoms with van der Waals surface area (Å²) in [7, 11) is 0. The second kappa shape index (κ2) is 6.22. The molecule has 17 heavy (non-hydrogen) atoms. The molecule has 1 unspecified atom stereocenters. The predicted molar refractivity (Wildman–Crippen MR) is 75.2 cm³/mol. The van der Waals surface area contributed by atoms with E-state index in [1.165, 1.54) is 70.8 Å². The summed E-state index contributed by atoms with van der Waals surface area (Å²) in [5.41, 5.74) is 0.571. The Morgan fingerprint density at radius 2 is 1.65 bits per heavy atom. The topological polar surface area (TPSA) is 12.0 Å². The van der Waals surface area contributed by atoms with Gasteiger partial charge in [0.15, 0.2) is 0 Å². The summed E-state index contributed by atoms with van der Waals surface area (Å²) in [6.07, 6.45) is 14.5. The van der Waals surface area contributed by atoms with E-state index in [2.05, 4.69) is 19.2 Å². The molecule has 1 nitrogen and oxygen atoms in total. The van der Waals surface area contributed by atoms with Gasteiger partial charge in [0.05, 0.1) is 0 Å². The minimum atomic E-state index is 0.571. The Morgan fingerprint density at radius 3 is 2.18 bits per heavy atom. The van der Waals surface area contributed by atoms with Gasteiger partial charge in [0, 0.05) is 12.6 Å². The van der Waals surface area contributed by atoms with Gasteiger partial charge in [0.2, 0.25) is 0 Å².